The number of H-pyrrole nitrogens is 2. The first-order chi connectivity index (χ1) is 23.1. The first kappa shape index (κ1) is 34.2. The third-order valence-electron chi connectivity index (χ3n) is 8.94. The van der Waals surface area contributed by atoms with Crippen LogP contribution in [0.1, 0.15) is 52.7 Å². The van der Waals surface area contributed by atoms with Crippen molar-refractivity contribution in [1.29, 1.82) is 0 Å². The van der Waals surface area contributed by atoms with Gasteiger partial charge in [-0.25, -0.2) is 0 Å². The number of hydrogen-bond donors (Lipinski definition) is 3. The molecule has 252 valence electrons. The van der Waals surface area contributed by atoms with Gasteiger partial charge in [-0.1, -0.05) is 29.8 Å². The predicted molar refractivity (Wildman–Crippen MR) is 197 cm³/mol. The number of aromatic nitrogens is 4. The van der Waals surface area contributed by atoms with Crippen LogP contribution in [0.2, 0.25) is 0 Å². The van der Waals surface area contributed by atoms with Crippen molar-refractivity contribution in [2.75, 3.05) is 40.8 Å². The van der Waals surface area contributed by atoms with E-state index in [1.165, 1.54) is 34.0 Å². The molecule has 0 saturated heterocycles. The summed E-state index contributed by atoms with van der Waals surface area (Å²) in [7, 11) is -1.03. The fraction of sp³-hybridized carbons (Fsp3) is 0.278. The molecular formula is C36H42N4O6P2. The van der Waals surface area contributed by atoms with Gasteiger partial charge in [0.05, 0.1) is 0 Å². The number of fused-ring (bicyclic) bond motifs is 8. The zero-order valence-corrected chi connectivity index (χ0v) is 29.7. The van der Waals surface area contributed by atoms with Crippen LogP contribution in [0.4, 0.5) is 0 Å². The third-order valence-corrected chi connectivity index (χ3v) is 13.1. The summed E-state index contributed by atoms with van der Waals surface area (Å²) in [5, 5.41) is 0. The second-order valence-corrected chi connectivity index (χ2v) is 17.1. The number of nitrogens with zero attached hydrogens (tertiary/aromatic N) is 2. The monoisotopic (exact) mass is 688 g/mol. The van der Waals surface area contributed by atoms with E-state index in [0.717, 1.165) is 61.5 Å². The van der Waals surface area contributed by atoms with Crippen LogP contribution in [0, 0.1) is 6.92 Å². The van der Waals surface area contributed by atoms with Gasteiger partial charge < -0.3 is 0 Å². The van der Waals surface area contributed by atoms with Crippen molar-refractivity contribution in [3.63, 3.8) is 0 Å². The molecule has 0 spiro atoms. The molecule has 3 N–H and O–H groups in total. The summed E-state index contributed by atoms with van der Waals surface area (Å²) < 4.78 is 34.6. The van der Waals surface area contributed by atoms with Crippen molar-refractivity contribution in [2.45, 2.75) is 25.7 Å². The van der Waals surface area contributed by atoms with E-state index in [2.05, 4.69) is 47.2 Å². The van der Waals surface area contributed by atoms with E-state index in [0.29, 0.717) is 19.0 Å². The van der Waals surface area contributed by atoms with E-state index in [4.69, 9.17) is 28.1 Å². The maximum absolute atomic E-state index is 13.2. The van der Waals surface area contributed by atoms with Crippen LogP contribution in [0.5, 0.6) is 0 Å². The van der Waals surface area contributed by atoms with E-state index in [9.17, 15) is 9.46 Å². The minimum absolute atomic E-state index is 0.179. The summed E-state index contributed by atoms with van der Waals surface area (Å²) in [5.74, 6) is -0.214. The molecule has 0 aliphatic carbocycles. The molecule has 48 heavy (non-hydrogen) atoms. The normalized spacial score (nSPS) is 14.0. The zero-order valence-electron chi connectivity index (χ0n) is 27.8. The maximum atomic E-state index is 13.2. The Bertz CT molecular complexity index is 2060. The summed E-state index contributed by atoms with van der Waals surface area (Å²) in [6.45, 7) is 2.08. The number of rotatable bonds is 12. The van der Waals surface area contributed by atoms with Crippen LogP contribution in [0.15, 0.2) is 60.7 Å². The molecule has 0 amide bonds. The van der Waals surface area contributed by atoms with Gasteiger partial charge in [0, 0.05) is 0 Å². The number of aromatic amines is 2. The quantitative estimate of drug-likeness (QED) is 0.109. The van der Waals surface area contributed by atoms with Crippen LogP contribution >= 0.6 is 15.5 Å². The summed E-state index contributed by atoms with van der Waals surface area (Å²) in [4.78, 5) is 28.3. The molecule has 6 rings (SSSR count). The predicted octanol–water partition coefficient (Wildman–Crippen LogP) is 8.76. The number of nitrogens with one attached hydrogen (secondary N) is 2. The van der Waals surface area contributed by atoms with Gasteiger partial charge in [-0.15, -0.1) is 0 Å². The molecule has 3 aromatic heterocycles. The molecule has 1 aromatic carbocycles. The number of aryl methyl sites for hydroxylation is 1. The summed E-state index contributed by atoms with van der Waals surface area (Å²) in [6, 6.07) is 20.7. The topological polar surface area (TPSA) is 132 Å². The van der Waals surface area contributed by atoms with Crippen molar-refractivity contribution in [3.05, 3.63) is 94.6 Å². The summed E-state index contributed by atoms with van der Waals surface area (Å²) in [6.07, 6.45) is 9.46. The Morgan fingerprint density at radius 2 is 1.35 bits per heavy atom. The fourth-order valence-electron chi connectivity index (χ4n) is 6.20. The molecule has 2 aliphatic heterocycles. The molecule has 8 bridgehead atoms. The Balaban J connectivity index is 1.57. The Morgan fingerprint density at radius 3 is 1.98 bits per heavy atom. The molecule has 1 atom stereocenters. The van der Waals surface area contributed by atoms with Crippen LogP contribution in [-0.4, -0.2) is 65.6 Å². The average molecular weight is 689 g/mol. The van der Waals surface area contributed by atoms with E-state index in [-0.39, 0.29) is 12.1 Å². The van der Waals surface area contributed by atoms with E-state index < -0.39 is 15.5 Å². The van der Waals surface area contributed by atoms with Gasteiger partial charge in [0.25, 0.3) is 0 Å². The molecule has 12 heteroatoms. The summed E-state index contributed by atoms with van der Waals surface area (Å²) >= 11 is 0. The average Bonchev–Trinajstić information content (AvgIpc) is 3.93. The van der Waals surface area contributed by atoms with Crippen LogP contribution in [0.25, 0.3) is 57.5 Å². The molecule has 10 nitrogen and oxygen atoms in total. The van der Waals surface area contributed by atoms with Gasteiger partial charge in [-0.2, -0.15) is 0 Å². The van der Waals surface area contributed by atoms with Gasteiger partial charge in [0.15, 0.2) is 0 Å². The molecule has 1 unspecified atom stereocenters. The molecule has 2 aliphatic rings. The second-order valence-electron chi connectivity index (χ2n) is 12.0. The zero-order chi connectivity index (χ0) is 33.9. The van der Waals surface area contributed by atoms with Gasteiger partial charge in [-0.05, 0) is 12.5 Å². The van der Waals surface area contributed by atoms with Crippen molar-refractivity contribution >= 4 is 61.9 Å². The Labute approximate surface area is 281 Å². The SMILES string of the molecule is COP(=O)(CCC(CC[PH](O)(OC)OC)c1c2nc(cc3ccc([nH]3)c(-c3ccc(C)cc3)c3nc(cc4ccc1[nH]4)C=C3)C=C2)OC. The summed E-state index contributed by atoms with van der Waals surface area (Å²) in [5.41, 5.74) is 11.0. The molecule has 0 radical (unpaired) electrons. The van der Waals surface area contributed by atoms with Gasteiger partial charge in [0.2, 0.25) is 0 Å². The van der Waals surface area contributed by atoms with Crippen LogP contribution < -0.4 is 0 Å². The third kappa shape index (κ3) is 7.46. The molecule has 5 heterocycles. The van der Waals surface area contributed by atoms with Crippen molar-refractivity contribution in [1.82, 2.24) is 19.9 Å². The Hall–Kier alpha value is -3.72. The number of hydrogen-bond acceptors (Lipinski definition) is 8. The van der Waals surface area contributed by atoms with Gasteiger partial charge in [-0.3, -0.25) is 0 Å². The van der Waals surface area contributed by atoms with Crippen LogP contribution in [0.3, 0.4) is 0 Å². The Morgan fingerprint density at radius 1 is 0.771 bits per heavy atom. The van der Waals surface area contributed by atoms with E-state index in [1.54, 1.807) is 0 Å². The van der Waals surface area contributed by atoms with E-state index in [1.807, 2.05) is 54.6 Å². The number of benzene rings is 1. The molecular weight excluding hydrogens is 646 g/mol. The first-order valence-electron chi connectivity index (χ1n) is 15.9. The molecule has 0 fully saturated rings. The first-order valence-corrected chi connectivity index (χ1v) is 19.5. The van der Waals surface area contributed by atoms with Gasteiger partial charge >= 0.3 is 239 Å². The van der Waals surface area contributed by atoms with Crippen LogP contribution in [-0.2, 0) is 22.7 Å². The van der Waals surface area contributed by atoms with Gasteiger partial charge in [0.1, 0.15) is 0 Å². The second kappa shape index (κ2) is 14.4. The molecule has 0 saturated carbocycles. The minimum atomic E-state index is -3.41. The van der Waals surface area contributed by atoms with Crippen molar-refractivity contribution < 1.29 is 27.6 Å². The Kier molecular flexibility index (Phi) is 10.3. The van der Waals surface area contributed by atoms with Crippen molar-refractivity contribution in [3.8, 4) is 11.1 Å². The molecule has 4 aromatic rings. The van der Waals surface area contributed by atoms with E-state index >= 15 is 0 Å². The van der Waals surface area contributed by atoms with Crippen molar-refractivity contribution in [2.24, 2.45) is 0 Å². The fourth-order valence-corrected chi connectivity index (χ4v) is 8.63. The standard InChI is InChI=1S/C36H42N4O6P2/c1-24-6-8-25(9-7-24)35-31-14-10-27(37-31)22-29-12-16-33(39-29)36(34-17-13-30(40-34)23-28-11-15-32(35)38-28)26(18-20-47(41,43-2)44-3)19-21-48(42,45-4)46-5/h6-17,22-23,26,37,40-41,47H,18-21H2,1-5H3.